The average Bonchev–Trinajstić information content (AvgIpc) is 3.14. The molecule has 0 bridgehead atoms. The molecule has 0 aliphatic rings. The van der Waals surface area contributed by atoms with E-state index in [1.54, 1.807) is 30.5 Å². The highest BCUT2D eigenvalue weighted by Crippen LogP contribution is 2.28. The molecule has 32 heavy (non-hydrogen) atoms. The van der Waals surface area contributed by atoms with E-state index in [4.69, 9.17) is 11.0 Å². The number of nitrogens with two attached hydrogens (primary N) is 1. The fourth-order valence-corrected chi connectivity index (χ4v) is 3.50. The highest BCUT2D eigenvalue weighted by molar-refractivity contribution is 5.81. The minimum absolute atomic E-state index is 0.0789. The van der Waals surface area contributed by atoms with Gasteiger partial charge in [0.05, 0.1) is 11.6 Å². The minimum atomic E-state index is -2.90. The Labute approximate surface area is 183 Å². The number of primary amides is 1. The molecule has 2 amide bonds. The lowest BCUT2D eigenvalue weighted by atomic mass is 10.0. The van der Waals surface area contributed by atoms with Crippen LogP contribution in [0.4, 0.5) is 8.78 Å². The molecule has 3 aromatic rings. The van der Waals surface area contributed by atoms with Crippen LogP contribution in [0.25, 0.3) is 16.7 Å². The zero-order valence-electron chi connectivity index (χ0n) is 17.4. The Hall–Kier alpha value is -3.80. The van der Waals surface area contributed by atoms with Gasteiger partial charge in [-0.3, -0.25) is 14.2 Å². The lowest BCUT2D eigenvalue weighted by Crippen LogP contribution is -2.24. The number of alkyl halides is 2. The van der Waals surface area contributed by atoms with Crippen LogP contribution >= 0.6 is 0 Å². The van der Waals surface area contributed by atoms with Gasteiger partial charge < -0.3 is 11.1 Å². The summed E-state index contributed by atoms with van der Waals surface area (Å²) in [7, 11) is 0. The Kier molecular flexibility index (Phi) is 7.15. The van der Waals surface area contributed by atoms with Gasteiger partial charge in [-0.05, 0) is 54.8 Å². The van der Waals surface area contributed by atoms with E-state index in [2.05, 4.69) is 16.4 Å². The van der Waals surface area contributed by atoms with Gasteiger partial charge in [0.1, 0.15) is 5.65 Å². The smallest absolute Gasteiger partial charge is 0.250 e. The maximum absolute atomic E-state index is 14.0. The number of nitriles is 1. The zero-order chi connectivity index (χ0) is 23.1. The maximum atomic E-state index is 14.0. The predicted octanol–water partition coefficient (Wildman–Crippen LogP) is 3.02. The number of pyridine rings is 1. The Balaban J connectivity index is 1.89. The molecule has 7 nitrogen and oxygen atoms in total. The van der Waals surface area contributed by atoms with Crippen LogP contribution in [0.5, 0.6) is 0 Å². The van der Waals surface area contributed by atoms with Gasteiger partial charge >= 0.3 is 0 Å². The first-order valence-electron chi connectivity index (χ1n) is 10.2. The third-order valence-electron chi connectivity index (χ3n) is 5.15. The number of amides is 2. The molecule has 2 aromatic heterocycles. The monoisotopic (exact) mass is 439 g/mol. The van der Waals surface area contributed by atoms with Crippen LogP contribution in [0.1, 0.15) is 36.1 Å². The number of hydrogen-bond donors (Lipinski definition) is 2. The van der Waals surface area contributed by atoms with Gasteiger partial charge in [-0.2, -0.15) is 5.26 Å². The van der Waals surface area contributed by atoms with Crippen molar-refractivity contribution in [1.82, 2.24) is 14.9 Å². The summed E-state index contributed by atoms with van der Waals surface area (Å²) >= 11 is 0. The number of aromatic nitrogens is 2. The number of halogens is 2. The summed E-state index contributed by atoms with van der Waals surface area (Å²) in [6.07, 6.45) is 1.88. The molecule has 0 saturated heterocycles. The predicted molar refractivity (Wildman–Crippen MR) is 115 cm³/mol. The second-order valence-corrected chi connectivity index (χ2v) is 7.53. The number of carbonyl (C=O) groups is 2. The van der Waals surface area contributed by atoms with E-state index in [9.17, 15) is 18.4 Å². The average molecular weight is 439 g/mol. The van der Waals surface area contributed by atoms with Gasteiger partial charge in [0.2, 0.25) is 18.2 Å². The molecule has 0 aliphatic carbocycles. The van der Waals surface area contributed by atoms with E-state index in [-0.39, 0.29) is 25.8 Å². The Morgan fingerprint density at radius 2 is 1.97 bits per heavy atom. The van der Waals surface area contributed by atoms with Crippen LogP contribution in [-0.4, -0.2) is 34.3 Å². The second-order valence-electron chi connectivity index (χ2n) is 7.53. The van der Waals surface area contributed by atoms with E-state index in [0.717, 1.165) is 16.8 Å². The molecule has 2 heterocycles. The van der Waals surface area contributed by atoms with Crippen LogP contribution in [0.3, 0.4) is 0 Å². The summed E-state index contributed by atoms with van der Waals surface area (Å²) in [5, 5.41) is 12.0. The summed E-state index contributed by atoms with van der Waals surface area (Å²) < 4.78 is 29.9. The van der Waals surface area contributed by atoms with Crippen LogP contribution in [-0.2, 0) is 22.4 Å². The van der Waals surface area contributed by atoms with E-state index in [1.165, 1.54) is 0 Å². The topological polar surface area (TPSA) is 114 Å². The zero-order valence-corrected chi connectivity index (χ0v) is 17.4. The van der Waals surface area contributed by atoms with Gasteiger partial charge in [-0.1, -0.05) is 0 Å². The van der Waals surface area contributed by atoms with Gasteiger partial charge in [0.15, 0.2) is 0 Å². The number of fused-ring (bicyclic) bond motifs is 1. The van der Waals surface area contributed by atoms with E-state index in [0.29, 0.717) is 29.6 Å². The van der Waals surface area contributed by atoms with Crippen molar-refractivity contribution in [3.05, 3.63) is 59.4 Å². The SMILES string of the molecule is N#Cc1ccc(-n2c(CCC(N)=O)cc3cc(CCC(F)(F)CCNC=O)cnc32)cc1. The van der Waals surface area contributed by atoms with Crippen molar-refractivity contribution in [3.8, 4) is 11.8 Å². The molecule has 0 atom stereocenters. The lowest BCUT2D eigenvalue weighted by Gasteiger charge is -2.15. The first-order chi connectivity index (χ1) is 15.3. The number of aryl methyl sites for hydroxylation is 2. The van der Waals surface area contributed by atoms with Gasteiger partial charge in [0, 0.05) is 48.8 Å². The third kappa shape index (κ3) is 5.66. The highest BCUT2D eigenvalue weighted by atomic mass is 19.3. The first-order valence-corrected chi connectivity index (χ1v) is 10.2. The Morgan fingerprint density at radius 1 is 1.22 bits per heavy atom. The fraction of sp³-hybridized carbons (Fsp3) is 0.304. The molecule has 0 saturated carbocycles. The van der Waals surface area contributed by atoms with Crippen molar-refractivity contribution in [3.63, 3.8) is 0 Å². The largest absolute Gasteiger partial charge is 0.370 e. The molecular formula is C23H23F2N5O2. The molecule has 0 spiro atoms. The van der Waals surface area contributed by atoms with Crippen LogP contribution in [0.15, 0.2) is 42.6 Å². The van der Waals surface area contributed by atoms with Crippen molar-refractivity contribution in [2.24, 2.45) is 5.73 Å². The van der Waals surface area contributed by atoms with Crippen molar-refractivity contribution in [2.75, 3.05) is 6.54 Å². The first kappa shape index (κ1) is 22.9. The molecule has 0 unspecified atom stereocenters. The molecule has 3 N–H and O–H groups in total. The van der Waals surface area contributed by atoms with Gasteiger partial charge in [0.25, 0.3) is 0 Å². The highest BCUT2D eigenvalue weighted by Gasteiger charge is 2.28. The lowest BCUT2D eigenvalue weighted by molar-refractivity contribution is -0.118. The number of nitrogens with one attached hydrogen (secondary N) is 1. The number of benzene rings is 1. The second kappa shape index (κ2) is 10.0. The molecule has 166 valence electrons. The molecular weight excluding hydrogens is 416 g/mol. The van der Waals surface area contributed by atoms with Crippen LogP contribution in [0, 0.1) is 11.3 Å². The molecule has 0 radical (unpaired) electrons. The molecule has 1 aromatic carbocycles. The molecule has 0 aliphatic heterocycles. The summed E-state index contributed by atoms with van der Waals surface area (Å²) in [5.41, 5.74) is 8.70. The van der Waals surface area contributed by atoms with E-state index in [1.807, 2.05) is 16.7 Å². The normalized spacial score (nSPS) is 11.3. The molecule has 3 rings (SSSR count). The third-order valence-corrected chi connectivity index (χ3v) is 5.15. The minimum Gasteiger partial charge on any atom is -0.370 e. The molecule has 9 heteroatoms. The number of carbonyl (C=O) groups excluding carboxylic acids is 2. The van der Waals surface area contributed by atoms with Crippen molar-refractivity contribution >= 4 is 23.4 Å². The Morgan fingerprint density at radius 3 is 2.62 bits per heavy atom. The fourth-order valence-electron chi connectivity index (χ4n) is 3.50. The van der Waals surface area contributed by atoms with Crippen LogP contribution < -0.4 is 11.1 Å². The summed E-state index contributed by atoms with van der Waals surface area (Å²) in [5.74, 6) is -3.33. The van der Waals surface area contributed by atoms with Crippen molar-refractivity contribution < 1.29 is 18.4 Å². The van der Waals surface area contributed by atoms with Crippen LogP contribution in [0.2, 0.25) is 0 Å². The standard InChI is InChI=1S/C23H23F2N5O2/c24-23(25,9-10-28-15-31)8-7-17-11-18-12-20(5-6-21(27)32)30(22(18)29-14-17)19-3-1-16(13-26)2-4-19/h1-4,11-12,14-15H,5-10H2,(H2,27,32)(H,28,31). The maximum Gasteiger partial charge on any atom is 0.250 e. The summed E-state index contributed by atoms with van der Waals surface area (Å²) in [6, 6.07) is 12.7. The van der Waals surface area contributed by atoms with Gasteiger partial charge in [-0.15, -0.1) is 0 Å². The van der Waals surface area contributed by atoms with E-state index >= 15 is 0 Å². The van der Waals surface area contributed by atoms with Crippen molar-refractivity contribution in [1.29, 1.82) is 5.26 Å². The summed E-state index contributed by atoms with van der Waals surface area (Å²) in [6.45, 7) is -0.0789. The van der Waals surface area contributed by atoms with Crippen molar-refractivity contribution in [2.45, 2.75) is 38.0 Å². The van der Waals surface area contributed by atoms with Gasteiger partial charge in [-0.25, -0.2) is 13.8 Å². The quantitative estimate of drug-likeness (QED) is 0.353. The Bertz CT molecular complexity index is 1150. The summed E-state index contributed by atoms with van der Waals surface area (Å²) in [4.78, 5) is 26.1. The number of hydrogen-bond acceptors (Lipinski definition) is 4. The van der Waals surface area contributed by atoms with E-state index < -0.39 is 18.3 Å². The molecule has 0 fully saturated rings. The number of nitrogens with zero attached hydrogens (tertiary/aromatic N) is 3. The number of rotatable bonds is 11.